The van der Waals surface area contributed by atoms with Gasteiger partial charge in [0.15, 0.2) is 0 Å². The fourth-order valence-corrected chi connectivity index (χ4v) is 1.07. The molecule has 4 nitrogen and oxygen atoms in total. The summed E-state index contributed by atoms with van der Waals surface area (Å²) in [6.45, 7) is 0.704. The van der Waals surface area contributed by atoms with E-state index < -0.39 is 11.8 Å². The molecule has 0 saturated heterocycles. The van der Waals surface area contributed by atoms with Crippen molar-refractivity contribution in [3.05, 3.63) is 0 Å². The summed E-state index contributed by atoms with van der Waals surface area (Å²) in [5.41, 5.74) is 5.24. The Kier molecular flexibility index (Phi) is 6.94. The van der Waals surface area contributed by atoms with E-state index in [1.165, 1.54) is 0 Å². The molecule has 0 aliphatic heterocycles. The van der Waals surface area contributed by atoms with Crippen molar-refractivity contribution in [2.75, 3.05) is 24.8 Å². The van der Waals surface area contributed by atoms with E-state index in [4.69, 9.17) is 28.9 Å². The summed E-state index contributed by atoms with van der Waals surface area (Å²) in [5.74, 6) is -1.29. The van der Waals surface area contributed by atoms with Gasteiger partial charge < -0.3 is 5.73 Å². The van der Waals surface area contributed by atoms with E-state index in [0.29, 0.717) is 13.0 Å². The molecule has 0 aromatic rings. The minimum Gasteiger partial charge on any atom is -0.330 e. The molecule has 0 aliphatic carbocycles. The van der Waals surface area contributed by atoms with Gasteiger partial charge in [0.1, 0.15) is 11.8 Å². The van der Waals surface area contributed by atoms with Gasteiger partial charge in [-0.3, -0.25) is 14.5 Å². The van der Waals surface area contributed by atoms with Crippen LogP contribution in [-0.2, 0) is 9.59 Å². The van der Waals surface area contributed by atoms with Crippen LogP contribution in [0, 0.1) is 0 Å². The molecule has 0 radical (unpaired) electrons. The molecule has 0 spiro atoms. The third-order valence-electron chi connectivity index (χ3n) is 1.42. The highest BCUT2D eigenvalue weighted by Gasteiger charge is 2.18. The number of nitrogens with zero attached hydrogens (tertiary/aromatic N) is 1. The highest BCUT2D eigenvalue weighted by atomic mass is 35.5. The third-order valence-corrected chi connectivity index (χ3v) is 1.87. The van der Waals surface area contributed by atoms with E-state index in [0.717, 1.165) is 4.90 Å². The summed E-state index contributed by atoms with van der Waals surface area (Å²) in [4.78, 5) is 23.2. The maximum atomic E-state index is 11.1. The van der Waals surface area contributed by atoms with Crippen molar-refractivity contribution in [3.63, 3.8) is 0 Å². The number of hydrogen-bond acceptors (Lipinski definition) is 3. The highest BCUT2D eigenvalue weighted by molar-refractivity contribution is 6.31. The van der Waals surface area contributed by atoms with Crippen LogP contribution in [0.2, 0.25) is 0 Å². The van der Waals surface area contributed by atoms with Crippen molar-refractivity contribution >= 4 is 35.0 Å². The average Bonchev–Trinajstić information content (AvgIpc) is 2.17. The second-order valence-electron chi connectivity index (χ2n) is 2.35. The Labute approximate surface area is 87.0 Å². The topological polar surface area (TPSA) is 63.4 Å². The number of carbonyl (C=O) groups is 2. The number of halogens is 2. The summed E-state index contributed by atoms with van der Waals surface area (Å²) in [6.07, 6.45) is 0.561. The Bertz CT molecular complexity index is 171. The Morgan fingerprint density at radius 3 is 1.92 bits per heavy atom. The second-order valence-corrected chi connectivity index (χ2v) is 2.88. The minimum atomic E-state index is -0.430. The van der Waals surface area contributed by atoms with Crippen molar-refractivity contribution < 1.29 is 9.59 Å². The number of carbonyl (C=O) groups excluding carboxylic acids is 2. The van der Waals surface area contributed by atoms with Gasteiger partial charge in [0.25, 0.3) is 0 Å². The van der Waals surface area contributed by atoms with E-state index in [1.807, 2.05) is 0 Å². The Hall–Kier alpha value is -0.320. The molecule has 0 fully saturated rings. The lowest BCUT2D eigenvalue weighted by molar-refractivity contribution is -0.141. The van der Waals surface area contributed by atoms with Crippen LogP contribution in [0.15, 0.2) is 0 Å². The molecular formula is C7H12Cl2N2O2. The molecule has 0 bridgehead atoms. The van der Waals surface area contributed by atoms with Gasteiger partial charge in [-0.25, -0.2) is 0 Å². The fourth-order valence-electron chi connectivity index (χ4n) is 0.782. The predicted molar refractivity (Wildman–Crippen MR) is 51.8 cm³/mol. The van der Waals surface area contributed by atoms with Crippen LogP contribution < -0.4 is 5.73 Å². The lowest BCUT2D eigenvalue weighted by atomic mass is 10.3. The van der Waals surface area contributed by atoms with E-state index >= 15 is 0 Å². The zero-order valence-electron chi connectivity index (χ0n) is 7.13. The molecule has 13 heavy (non-hydrogen) atoms. The maximum Gasteiger partial charge on any atom is 0.244 e. The highest BCUT2D eigenvalue weighted by Crippen LogP contribution is 1.97. The summed E-state index contributed by atoms with van der Waals surface area (Å²) >= 11 is 10.6. The van der Waals surface area contributed by atoms with Gasteiger partial charge >= 0.3 is 0 Å². The standard InChI is InChI=1S/C7H12Cl2N2O2/c8-4-6(12)11(3-1-2-10)7(13)5-9/h1-5,10H2. The van der Waals surface area contributed by atoms with Gasteiger partial charge in [0.2, 0.25) is 11.8 Å². The smallest absolute Gasteiger partial charge is 0.244 e. The first-order valence-corrected chi connectivity index (χ1v) is 4.89. The van der Waals surface area contributed by atoms with Crippen molar-refractivity contribution in [3.8, 4) is 0 Å². The van der Waals surface area contributed by atoms with E-state index in [9.17, 15) is 9.59 Å². The Balaban J connectivity index is 4.18. The van der Waals surface area contributed by atoms with E-state index in [2.05, 4.69) is 0 Å². The molecule has 0 aromatic heterocycles. The lowest BCUT2D eigenvalue weighted by Crippen LogP contribution is -2.39. The first-order chi connectivity index (χ1) is 6.17. The van der Waals surface area contributed by atoms with Crippen LogP contribution >= 0.6 is 23.2 Å². The maximum absolute atomic E-state index is 11.1. The van der Waals surface area contributed by atoms with Crippen LogP contribution in [0.5, 0.6) is 0 Å². The van der Waals surface area contributed by atoms with Crippen molar-refractivity contribution in [2.24, 2.45) is 5.73 Å². The number of hydrogen-bond donors (Lipinski definition) is 1. The van der Waals surface area contributed by atoms with Gasteiger partial charge in [0.05, 0.1) is 0 Å². The zero-order valence-corrected chi connectivity index (χ0v) is 8.64. The molecule has 2 N–H and O–H groups in total. The third kappa shape index (κ3) is 4.45. The first kappa shape index (κ1) is 12.7. The first-order valence-electron chi connectivity index (χ1n) is 3.82. The predicted octanol–water partition coefficient (Wildman–Crippen LogP) is 0.168. The molecule has 0 saturated carbocycles. The normalized spacial score (nSPS) is 9.77. The quantitative estimate of drug-likeness (QED) is 0.681. The monoisotopic (exact) mass is 226 g/mol. The second kappa shape index (κ2) is 7.12. The molecule has 0 rings (SSSR count). The summed E-state index contributed by atoms with van der Waals surface area (Å²) in [6, 6.07) is 0. The number of alkyl halides is 2. The largest absolute Gasteiger partial charge is 0.330 e. The van der Waals surface area contributed by atoms with Gasteiger partial charge in [0, 0.05) is 6.54 Å². The van der Waals surface area contributed by atoms with Crippen LogP contribution in [-0.4, -0.2) is 41.6 Å². The molecule has 0 unspecified atom stereocenters. The number of imide groups is 1. The number of nitrogens with two attached hydrogens (primary N) is 1. The van der Waals surface area contributed by atoms with Crippen LogP contribution in [0.4, 0.5) is 0 Å². The Morgan fingerprint density at radius 1 is 1.15 bits per heavy atom. The molecule has 0 aliphatic rings. The molecule has 76 valence electrons. The van der Waals surface area contributed by atoms with Gasteiger partial charge in [-0.1, -0.05) is 0 Å². The lowest BCUT2D eigenvalue weighted by Gasteiger charge is -2.17. The van der Waals surface area contributed by atoms with Crippen molar-refractivity contribution in [1.29, 1.82) is 0 Å². The van der Waals surface area contributed by atoms with E-state index in [-0.39, 0.29) is 18.3 Å². The van der Waals surface area contributed by atoms with Crippen LogP contribution in [0.3, 0.4) is 0 Å². The number of rotatable bonds is 5. The van der Waals surface area contributed by atoms with Crippen LogP contribution in [0.25, 0.3) is 0 Å². The summed E-state index contributed by atoms with van der Waals surface area (Å²) < 4.78 is 0. The summed E-state index contributed by atoms with van der Waals surface area (Å²) in [7, 11) is 0. The molecule has 2 amide bonds. The fraction of sp³-hybridized carbons (Fsp3) is 0.714. The van der Waals surface area contributed by atoms with Crippen molar-refractivity contribution in [2.45, 2.75) is 6.42 Å². The van der Waals surface area contributed by atoms with Gasteiger partial charge in [-0.2, -0.15) is 0 Å². The van der Waals surface area contributed by atoms with Crippen LogP contribution in [0.1, 0.15) is 6.42 Å². The van der Waals surface area contributed by atoms with Crippen molar-refractivity contribution in [1.82, 2.24) is 4.90 Å². The Morgan fingerprint density at radius 2 is 1.62 bits per heavy atom. The zero-order chi connectivity index (χ0) is 10.3. The SMILES string of the molecule is NCCCN(C(=O)CCl)C(=O)CCl. The summed E-state index contributed by atoms with van der Waals surface area (Å²) in [5, 5.41) is 0. The van der Waals surface area contributed by atoms with Gasteiger partial charge in [-0.05, 0) is 13.0 Å². The van der Waals surface area contributed by atoms with E-state index in [1.54, 1.807) is 0 Å². The molecular weight excluding hydrogens is 215 g/mol. The minimum absolute atomic E-state index is 0.215. The average molecular weight is 227 g/mol. The molecule has 0 aromatic carbocycles. The molecule has 6 heteroatoms. The number of amides is 2. The molecule has 0 atom stereocenters. The van der Waals surface area contributed by atoms with Gasteiger partial charge in [-0.15, -0.1) is 23.2 Å². The molecule has 0 heterocycles.